The van der Waals surface area contributed by atoms with Gasteiger partial charge < -0.3 is 19.4 Å². The molecule has 0 bridgehead atoms. The van der Waals surface area contributed by atoms with Gasteiger partial charge in [-0.3, -0.25) is 0 Å². The van der Waals surface area contributed by atoms with Gasteiger partial charge in [-0.05, 0) is 48.5 Å². The van der Waals surface area contributed by atoms with Crippen LogP contribution >= 0.6 is 23.2 Å². The Kier molecular flexibility index (Phi) is 9.04. The Morgan fingerprint density at radius 2 is 1.53 bits per heavy atom. The largest absolute Gasteiger partial charge is 0.459 e. The topological polar surface area (TPSA) is 94.4 Å². The lowest BCUT2D eigenvalue weighted by atomic mass is 10.1. The van der Waals surface area contributed by atoms with Crippen LogP contribution in [0.1, 0.15) is 20.7 Å². The molecule has 0 aromatic heterocycles. The number of alkyl halides is 1. The highest BCUT2D eigenvalue weighted by molar-refractivity contribution is 6.31. The van der Waals surface area contributed by atoms with Crippen molar-refractivity contribution >= 4 is 41.4 Å². The second-order valence-electron chi connectivity index (χ2n) is 5.93. The smallest absolute Gasteiger partial charge is 0.338 e. The molecule has 0 aliphatic rings. The molecule has 30 heavy (non-hydrogen) atoms. The van der Waals surface area contributed by atoms with E-state index in [1.165, 1.54) is 55.6 Å². The summed E-state index contributed by atoms with van der Waals surface area (Å²) >= 11 is 11.5. The molecule has 0 spiro atoms. The predicted molar refractivity (Wildman–Crippen MR) is 109 cm³/mol. The van der Waals surface area contributed by atoms with Crippen molar-refractivity contribution in [2.24, 2.45) is 5.16 Å². The van der Waals surface area contributed by atoms with Gasteiger partial charge in [0.05, 0.1) is 17.3 Å². The Balaban J connectivity index is 2.07. The maximum absolute atomic E-state index is 14.5. The van der Waals surface area contributed by atoms with Gasteiger partial charge in [-0.1, -0.05) is 28.4 Å². The lowest BCUT2D eigenvalue weighted by Crippen LogP contribution is -2.43. The fourth-order valence-electron chi connectivity index (χ4n) is 2.26. The summed E-state index contributed by atoms with van der Waals surface area (Å²) < 4.78 is 24.6. The first-order valence-electron chi connectivity index (χ1n) is 8.60. The molecule has 0 amide bonds. The molecule has 0 fully saturated rings. The van der Waals surface area contributed by atoms with Crippen LogP contribution in [0.3, 0.4) is 0 Å². The molecule has 2 aromatic rings. The highest BCUT2D eigenvalue weighted by Crippen LogP contribution is 2.16. The first kappa shape index (κ1) is 23.6. The van der Waals surface area contributed by atoms with Crippen LogP contribution in [0, 0.1) is 0 Å². The molecule has 3 atom stereocenters. The minimum absolute atomic E-state index is 0.0886. The lowest BCUT2D eigenvalue weighted by molar-refractivity contribution is -0.0594. The molecule has 1 N–H and O–H groups in total. The van der Waals surface area contributed by atoms with E-state index < -0.39 is 36.9 Å². The molecule has 7 nitrogen and oxygen atoms in total. The van der Waals surface area contributed by atoms with E-state index in [1.54, 1.807) is 0 Å². The molecule has 0 radical (unpaired) electrons. The summed E-state index contributed by atoms with van der Waals surface area (Å²) in [5.41, 5.74) is 0.268. The minimum Gasteiger partial charge on any atom is -0.459 e. The van der Waals surface area contributed by atoms with Crippen LogP contribution in [0.2, 0.25) is 10.0 Å². The van der Waals surface area contributed by atoms with Crippen LogP contribution in [0.25, 0.3) is 0 Å². The number of ether oxygens (including phenoxy) is 2. The van der Waals surface area contributed by atoms with Gasteiger partial charge in [-0.2, -0.15) is 0 Å². The van der Waals surface area contributed by atoms with Gasteiger partial charge in [-0.15, -0.1) is 0 Å². The van der Waals surface area contributed by atoms with Gasteiger partial charge in [0.2, 0.25) is 0 Å². The SMILES string of the molecule is CON=CC(F)C(OC(=O)c1ccc(Cl)cc1)C(O)COC(=O)c1ccc(Cl)cc1. The number of carbonyl (C=O) groups excluding carboxylic acids is 2. The number of hydrogen-bond donors (Lipinski definition) is 1. The lowest BCUT2D eigenvalue weighted by Gasteiger charge is -2.24. The molecule has 0 saturated heterocycles. The summed E-state index contributed by atoms with van der Waals surface area (Å²) in [6, 6.07) is 11.5. The summed E-state index contributed by atoms with van der Waals surface area (Å²) in [5.74, 6) is -1.68. The van der Waals surface area contributed by atoms with Crippen molar-refractivity contribution in [1.29, 1.82) is 0 Å². The van der Waals surface area contributed by atoms with E-state index in [4.69, 9.17) is 32.7 Å². The Hall–Kier alpha value is -2.68. The second kappa shape index (κ2) is 11.5. The van der Waals surface area contributed by atoms with Crippen LogP contribution in [0.5, 0.6) is 0 Å². The number of oxime groups is 1. The monoisotopic (exact) mass is 457 g/mol. The predicted octanol–water partition coefficient (Wildman–Crippen LogP) is 3.71. The van der Waals surface area contributed by atoms with Crippen molar-refractivity contribution < 1.29 is 33.4 Å². The number of halogens is 3. The Morgan fingerprint density at radius 3 is 2.03 bits per heavy atom. The van der Waals surface area contributed by atoms with Gasteiger partial charge >= 0.3 is 11.9 Å². The van der Waals surface area contributed by atoms with E-state index in [-0.39, 0.29) is 11.1 Å². The average molecular weight is 458 g/mol. The first-order valence-corrected chi connectivity index (χ1v) is 9.35. The number of carbonyl (C=O) groups is 2. The Labute approximate surface area is 181 Å². The van der Waals surface area contributed by atoms with Gasteiger partial charge in [0, 0.05) is 10.0 Å². The van der Waals surface area contributed by atoms with E-state index in [9.17, 15) is 19.1 Å². The maximum Gasteiger partial charge on any atom is 0.338 e. The van der Waals surface area contributed by atoms with Gasteiger partial charge in [0.1, 0.15) is 19.8 Å². The van der Waals surface area contributed by atoms with Crippen molar-refractivity contribution in [2.45, 2.75) is 18.4 Å². The highest BCUT2D eigenvalue weighted by atomic mass is 35.5. The summed E-state index contributed by atoms with van der Waals surface area (Å²) in [5, 5.41) is 14.4. The Bertz CT molecular complexity index is 876. The normalized spacial score (nSPS) is 14.0. The number of benzene rings is 2. The maximum atomic E-state index is 14.5. The summed E-state index contributed by atoms with van der Waals surface area (Å²) in [6.45, 7) is -0.638. The van der Waals surface area contributed by atoms with E-state index in [1.807, 2.05) is 0 Å². The first-order chi connectivity index (χ1) is 14.3. The van der Waals surface area contributed by atoms with Crippen molar-refractivity contribution in [3.8, 4) is 0 Å². The van der Waals surface area contributed by atoms with Crippen molar-refractivity contribution in [3.63, 3.8) is 0 Å². The third-order valence-corrected chi connectivity index (χ3v) is 4.29. The van der Waals surface area contributed by atoms with E-state index >= 15 is 0 Å². The van der Waals surface area contributed by atoms with Crippen LogP contribution < -0.4 is 0 Å². The van der Waals surface area contributed by atoms with Crippen LogP contribution in [-0.2, 0) is 14.3 Å². The number of rotatable bonds is 9. The number of esters is 2. The van der Waals surface area contributed by atoms with E-state index in [2.05, 4.69) is 9.99 Å². The number of aliphatic hydroxyl groups excluding tert-OH is 1. The summed E-state index contributed by atoms with van der Waals surface area (Å²) in [6.07, 6.45) is -4.73. The molecule has 2 rings (SSSR count). The zero-order chi connectivity index (χ0) is 22.1. The van der Waals surface area contributed by atoms with Crippen LogP contribution in [-0.4, -0.2) is 55.4 Å². The molecule has 160 valence electrons. The Morgan fingerprint density at radius 1 is 1.03 bits per heavy atom. The van der Waals surface area contributed by atoms with E-state index in [0.29, 0.717) is 16.3 Å². The van der Waals surface area contributed by atoms with Gasteiger partial charge in [0.25, 0.3) is 0 Å². The standard InChI is InChI=1S/C20H18Cl2FNO6/c1-28-24-10-16(23)18(30-20(27)13-4-8-15(22)9-5-13)17(25)11-29-19(26)12-2-6-14(21)7-3-12/h2-10,16-18,25H,11H2,1H3. The minimum atomic E-state index is -2.04. The average Bonchev–Trinajstić information content (AvgIpc) is 2.74. The number of hydrogen-bond acceptors (Lipinski definition) is 7. The van der Waals surface area contributed by atoms with Gasteiger partial charge in [0.15, 0.2) is 12.3 Å². The quantitative estimate of drug-likeness (QED) is 0.350. The fourth-order valence-corrected chi connectivity index (χ4v) is 2.51. The molecule has 0 saturated carbocycles. The number of nitrogens with zero attached hydrogens (tertiary/aromatic N) is 1. The molecule has 0 aliphatic heterocycles. The highest BCUT2D eigenvalue weighted by Gasteiger charge is 2.33. The molecule has 0 heterocycles. The van der Waals surface area contributed by atoms with Crippen LogP contribution in [0.15, 0.2) is 53.7 Å². The molecule has 10 heteroatoms. The molecule has 2 aromatic carbocycles. The summed E-state index contributed by atoms with van der Waals surface area (Å²) in [7, 11) is 1.20. The number of aliphatic hydroxyl groups is 1. The zero-order valence-electron chi connectivity index (χ0n) is 15.7. The molecular formula is C20H18Cl2FNO6. The second-order valence-corrected chi connectivity index (χ2v) is 6.80. The van der Waals surface area contributed by atoms with Crippen molar-refractivity contribution in [1.82, 2.24) is 0 Å². The van der Waals surface area contributed by atoms with Crippen LogP contribution in [0.4, 0.5) is 4.39 Å². The fraction of sp³-hybridized carbons (Fsp3) is 0.250. The van der Waals surface area contributed by atoms with Crippen molar-refractivity contribution in [3.05, 3.63) is 69.7 Å². The molecule has 3 unspecified atom stereocenters. The van der Waals surface area contributed by atoms with Crippen molar-refractivity contribution in [2.75, 3.05) is 13.7 Å². The van der Waals surface area contributed by atoms with Gasteiger partial charge in [-0.25, -0.2) is 14.0 Å². The summed E-state index contributed by atoms with van der Waals surface area (Å²) in [4.78, 5) is 28.8. The van der Waals surface area contributed by atoms with E-state index in [0.717, 1.165) is 0 Å². The zero-order valence-corrected chi connectivity index (χ0v) is 17.2. The third kappa shape index (κ3) is 6.98. The molecular weight excluding hydrogens is 440 g/mol. The third-order valence-electron chi connectivity index (χ3n) is 3.79. The molecule has 0 aliphatic carbocycles.